The fraction of sp³-hybridized carbons (Fsp3) is 0.238. The van der Waals surface area contributed by atoms with Gasteiger partial charge in [-0.2, -0.15) is 0 Å². The third-order valence-corrected chi connectivity index (χ3v) is 4.39. The van der Waals surface area contributed by atoms with Crippen LogP contribution in [0.25, 0.3) is 0 Å². The minimum Gasteiger partial charge on any atom is -0.377 e. The van der Waals surface area contributed by atoms with Gasteiger partial charge in [0, 0.05) is 13.0 Å². The maximum atomic E-state index is 14.7. The lowest BCUT2D eigenvalue weighted by molar-refractivity contribution is 0.0476. The Morgan fingerprint density at radius 1 is 1.00 bits per heavy atom. The highest BCUT2D eigenvalue weighted by Crippen LogP contribution is 2.27. The average molecular weight is 353 g/mol. The summed E-state index contributed by atoms with van der Waals surface area (Å²) in [5, 5.41) is 0. The maximum absolute atomic E-state index is 14.7. The molecule has 0 N–H and O–H groups in total. The molecule has 0 bridgehead atoms. The summed E-state index contributed by atoms with van der Waals surface area (Å²) in [4.78, 5) is 25.9. The van der Waals surface area contributed by atoms with E-state index < -0.39 is 24.0 Å². The SMILES string of the molecule is C=CC(C(F)CCOCc1ccccc1)N1C(=O)c2ccccc2C1=O. The Balaban J connectivity index is 1.59. The zero-order valence-corrected chi connectivity index (χ0v) is 14.3. The number of alkyl halides is 1. The molecule has 1 aliphatic rings. The van der Waals surface area contributed by atoms with Crippen molar-refractivity contribution in [1.29, 1.82) is 0 Å². The lowest BCUT2D eigenvalue weighted by Gasteiger charge is -2.26. The molecule has 2 atom stereocenters. The fourth-order valence-corrected chi connectivity index (χ4v) is 3.02. The van der Waals surface area contributed by atoms with Crippen LogP contribution in [0.15, 0.2) is 67.3 Å². The van der Waals surface area contributed by atoms with Crippen LogP contribution < -0.4 is 0 Å². The van der Waals surface area contributed by atoms with E-state index in [4.69, 9.17) is 4.74 Å². The molecule has 5 heteroatoms. The Labute approximate surface area is 151 Å². The summed E-state index contributed by atoms with van der Waals surface area (Å²) in [6.07, 6.45) is -0.0639. The molecule has 134 valence electrons. The summed E-state index contributed by atoms with van der Waals surface area (Å²) in [6, 6.07) is 15.1. The molecule has 0 saturated carbocycles. The molecule has 0 aromatic heterocycles. The van der Waals surface area contributed by atoms with Gasteiger partial charge in [0.25, 0.3) is 11.8 Å². The first-order valence-corrected chi connectivity index (χ1v) is 8.48. The number of nitrogens with zero attached hydrogens (tertiary/aromatic N) is 1. The standard InChI is InChI=1S/C21H20FNO3/c1-2-19(18(22)12-13-26-14-15-8-4-3-5-9-15)23-20(24)16-10-6-7-11-17(16)21(23)25/h2-11,18-19H,1,12-14H2. The van der Waals surface area contributed by atoms with E-state index in [-0.39, 0.29) is 13.0 Å². The van der Waals surface area contributed by atoms with Crippen LogP contribution in [-0.2, 0) is 11.3 Å². The number of benzene rings is 2. The van der Waals surface area contributed by atoms with Gasteiger partial charge in [-0.15, -0.1) is 6.58 Å². The van der Waals surface area contributed by atoms with Gasteiger partial charge in [-0.1, -0.05) is 48.5 Å². The number of ether oxygens (including phenoxy) is 1. The predicted octanol–water partition coefficient (Wildman–Crippen LogP) is 3.78. The normalized spacial score (nSPS) is 15.7. The molecule has 4 nitrogen and oxygen atoms in total. The van der Waals surface area contributed by atoms with Crippen LogP contribution >= 0.6 is 0 Å². The molecule has 1 heterocycles. The first-order valence-electron chi connectivity index (χ1n) is 8.48. The second-order valence-corrected chi connectivity index (χ2v) is 6.10. The zero-order chi connectivity index (χ0) is 18.5. The summed E-state index contributed by atoms with van der Waals surface area (Å²) in [5.74, 6) is -0.966. The number of carbonyl (C=O) groups is 2. The van der Waals surface area contributed by atoms with Gasteiger partial charge in [0.1, 0.15) is 6.17 Å². The van der Waals surface area contributed by atoms with Crippen LogP contribution in [0.4, 0.5) is 4.39 Å². The minimum absolute atomic E-state index is 0.0664. The van der Waals surface area contributed by atoms with E-state index in [1.165, 1.54) is 6.08 Å². The van der Waals surface area contributed by atoms with Crippen LogP contribution in [0.3, 0.4) is 0 Å². The van der Waals surface area contributed by atoms with Crippen LogP contribution in [0.5, 0.6) is 0 Å². The Morgan fingerprint density at radius 2 is 1.58 bits per heavy atom. The summed E-state index contributed by atoms with van der Waals surface area (Å²) in [6.45, 7) is 4.18. The first-order chi connectivity index (χ1) is 12.6. The summed E-state index contributed by atoms with van der Waals surface area (Å²) < 4.78 is 20.2. The number of hydrogen-bond donors (Lipinski definition) is 0. The van der Waals surface area contributed by atoms with Crippen molar-refractivity contribution in [2.75, 3.05) is 6.61 Å². The molecule has 3 rings (SSSR count). The quantitative estimate of drug-likeness (QED) is 0.412. The van der Waals surface area contributed by atoms with Crippen LogP contribution in [0, 0.1) is 0 Å². The summed E-state index contributed by atoms with van der Waals surface area (Å²) >= 11 is 0. The highest BCUT2D eigenvalue weighted by molar-refractivity contribution is 6.21. The molecule has 26 heavy (non-hydrogen) atoms. The predicted molar refractivity (Wildman–Crippen MR) is 96.5 cm³/mol. The molecule has 2 unspecified atom stereocenters. The highest BCUT2D eigenvalue weighted by atomic mass is 19.1. The Bertz CT molecular complexity index is 771. The van der Waals surface area contributed by atoms with Gasteiger partial charge in [-0.3, -0.25) is 14.5 Å². The van der Waals surface area contributed by atoms with Crippen LogP contribution in [0.2, 0.25) is 0 Å². The second kappa shape index (κ2) is 8.06. The molecule has 0 radical (unpaired) electrons. The Morgan fingerprint density at radius 3 is 2.15 bits per heavy atom. The van der Waals surface area contributed by atoms with Gasteiger partial charge in [-0.05, 0) is 17.7 Å². The molecule has 2 aromatic rings. The van der Waals surface area contributed by atoms with Crippen molar-refractivity contribution in [3.8, 4) is 0 Å². The van der Waals surface area contributed by atoms with Gasteiger partial charge >= 0.3 is 0 Å². The molecule has 2 aromatic carbocycles. The lowest BCUT2D eigenvalue weighted by atomic mass is 10.1. The Kier molecular flexibility index (Phi) is 5.58. The van der Waals surface area contributed by atoms with Crippen LogP contribution in [-0.4, -0.2) is 35.5 Å². The van der Waals surface area contributed by atoms with Gasteiger partial charge in [0.15, 0.2) is 0 Å². The van der Waals surface area contributed by atoms with Crippen LogP contribution in [0.1, 0.15) is 32.7 Å². The number of hydrogen-bond acceptors (Lipinski definition) is 3. The van der Waals surface area contributed by atoms with Crippen molar-refractivity contribution < 1.29 is 18.7 Å². The van der Waals surface area contributed by atoms with Gasteiger partial charge in [0.05, 0.1) is 23.8 Å². The Hall–Kier alpha value is -2.79. The molecular weight excluding hydrogens is 333 g/mol. The number of amides is 2. The third-order valence-electron chi connectivity index (χ3n) is 4.39. The number of rotatable bonds is 8. The molecule has 0 saturated heterocycles. The topological polar surface area (TPSA) is 46.6 Å². The second-order valence-electron chi connectivity index (χ2n) is 6.10. The van der Waals surface area contributed by atoms with Crippen molar-refractivity contribution in [3.05, 3.63) is 83.9 Å². The van der Waals surface area contributed by atoms with Crippen molar-refractivity contribution in [2.24, 2.45) is 0 Å². The number of carbonyl (C=O) groups excluding carboxylic acids is 2. The maximum Gasteiger partial charge on any atom is 0.262 e. The van der Waals surface area contributed by atoms with E-state index in [1.54, 1.807) is 24.3 Å². The summed E-state index contributed by atoms with van der Waals surface area (Å²) in [5.41, 5.74) is 1.61. The zero-order valence-electron chi connectivity index (χ0n) is 14.3. The van der Waals surface area contributed by atoms with E-state index in [2.05, 4.69) is 6.58 Å². The molecule has 0 aliphatic carbocycles. The van der Waals surface area contributed by atoms with Crippen molar-refractivity contribution >= 4 is 11.8 Å². The first kappa shape index (κ1) is 18.0. The van der Waals surface area contributed by atoms with Gasteiger partial charge < -0.3 is 4.74 Å². The van der Waals surface area contributed by atoms with E-state index >= 15 is 0 Å². The number of fused-ring (bicyclic) bond motifs is 1. The lowest BCUT2D eigenvalue weighted by Crippen LogP contribution is -2.44. The third kappa shape index (κ3) is 3.58. The molecule has 0 spiro atoms. The number of imide groups is 1. The smallest absolute Gasteiger partial charge is 0.262 e. The molecule has 0 fully saturated rings. The van der Waals surface area contributed by atoms with Gasteiger partial charge in [0.2, 0.25) is 0 Å². The molecule has 1 aliphatic heterocycles. The van der Waals surface area contributed by atoms with E-state index in [1.807, 2.05) is 30.3 Å². The molecule has 2 amide bonds. The summed E-state index contributed by atoms with van der Waals surface area (Å²) in [7, 11) is 0. The van der Waals surface area contributed by atoms with Crippen molar-refractivity contribution in [3.63, 3.8) is 0 Å². The highest BCUT2D eigenvalue weighted by Gasteiger charge is 2.41. The van der Waals surface area contributed by atoms with E-state index in [9.17, 15) is 14.0 Å². The average Bonchev–Trinajstić information content (AvgIpc) is 2.92. The van der Waals surface area contributed by atoms with Crippen molar-refractivity contribution in [1.82, 2.24) is 4.90 Å². The minimum atomic E-state index is -1.44. The number of halogens is 1. The fourth-order valence-electron chi connectivity index (χ4n) is 3.02. The molecular formula is C21H20FNO3. The van der Waals surface area contributed by atoms with Gasteiger partial charge in [-0.25, -0.2) is 4.39 Å². The largest absolute Gasteiger partial charge is 0.377 e. The van der Waals surface area contributed by atoms with Crippen molar-refractivity contribution in [2.45, 2.75) is 25.2 Å². The van der Waals surface area contributed by atoms with E-state index in [0.29, 0.717) is 17.7 Å². The monoisotopic (exact) mass is 353 g/mol. The van der Waals surface area contributed by atoms with E-state index in [0.717, 1.165) is 10.5 Å².